The Balaban J connectivity index is 2.12. The molecule has 1 aliphatic rings. The van der Waals surface area contributed by atoms with Gasteiger partial charge in [-0.3, -0.25) is 9.58 Å². The van der Waals surface area contributed by atoms with Crippen molar-refractivity contribution in [3.8, 4) is 0 Å². The van der Waals surface area contributed by atoms with Crippen LogP contribution in [0, 0.1) is 5.92 Å². The average Bonchev–Trinajstić information content (AvgIpc) is 2.61. The van der Waals surface area contributed by atoms with Gasteiger partial charge in [-0.25, -0.2) is 4.79 Å². The van der Waals surface area contributed by atoms with Gasteiger partial charge in [-0.15, -0.1) is 0 Å². The fourth-order valence-electron chi connectivity index (χ4n) is 2.47. The molecule has 1 aromatic rings. The van der Waals surface area contributed by atoms with E-state index >= 15 is 0 Å². The number of carboxylic acid groups (broad SMARTS) is 1. The van der Waals surface area contributed by atoms with Crippen LogP contribution in [-0.2, 0) is 13.6 Å². The molecule has 0 radical (unpaired) electrons. The molecular formula is C12H19N3O2. The van der Waals surface area contributed by atoms with Gasteiger partial charge in [0, 0.05) is 20.1 Å². The zero-order valence-corrected chi connectivity index (χ0v) is 10.4. The van der Waals surface area contributed by atoms with E-state index in [9.17, 15) is 4.79 Å². The highest BCUT2D eigenvalue weighted by Gasteiger charge is 2.21. The molecule has 0 bridgehead atoms. The summed E-state index contributed by atoms with van der Waals surface area (Å²) < 4.78 is 1.67. The van der Waals surface area contributed by atoms with Crippen molar-refractivity contribution in [3.05, 3.63) is 17.5 Å². The van der Waals surface area contributed by atoms with E-state index in [0.29, 0.717) is 18.0 Å². The van der Waals surface area contributed by atoms with E-state index in [4.69, 9.17) is 5.11 Å². The van der Waals surface area contributed by atoms with Gasteiger partial charge in [0.05, 0.1) is 11.9 Å². The zero-order valence-electron chi connectivity index (χ0n) is 10.4. The molecule has 1 atom stereocenters. The summed E-state index contributed by atoms with van der Waals surface area (Å²) in [5.74, 6) is -0.191. The van der Waals surface area contributed by atoms with E-state index in [1.165, 1.54) is 19.0 Å². The van der Waals surface area contributed by atoms with Crippen LogP contribution in [0.3, 0.4) is 0 Å². The highest BCUT2D eigenvalue weighted by molar-refractivity contribution is 5.88. The molecule has 94 valence electrons. The largest absolute Gasteiger partial charge is 0.478 e. The number of hydrogen-bond acceptors (Lipinski definition) is 3. The van der Waals surface area contributed by atoms with Crippen LogP contribution in [0.4, 0.5) is 0 Å². The average molecular weight is 237 g/mol. The summed E-state index contributed by atoms with van der Waals surface area (Å²) in [6.45, 7) is 5.02. The summed E-state index contributed by atoms with van der Waals surface area (Å²) in [6, 6.07) is 0. The predicted octanol–water partition coefficient (Wildman–Crippen LogP) is 1.35. The lowest BCUT2D eigenvalue weighted by atomic mass is 10.00. The smallest absolute Gasteiger partial charge is 0.339 e. The van der Waals surface area contributed by atoms with Gasteiger partial charge in [-0.1, -0.05) is 6.92 Å². The quantitative estimate of drug-likeness (QED) is 0.862. The lowest BCUT2D eigenvalue weighted by Gasteiger charge is -2.30. The minimum Gasteiger partial charge on any atom is -0.478 e. The minimum atomic E-state index is -0.891. The number of hydrogen-bond donors (Lipinski definition) is 1. The van der Waals surface area contributed by atoms with Crippen molar-refractivity contribution in [1.82, 2.24) is 14.7 Å². The molecule has 1 aromatic heterocycles. The van der Waals surface area contributed by atoms with Crippen molar-refractivity contribution >= 4 is 5.97 Å². The zero-order chi connectivity index (χ0) is 12.4. The van der Waals surface area contributed by atoms with Crippen LogP contribution in [0.1, 0.15) is 35.8 Å². The number of aromatic nitrogens is 2. The van der Waals surface area contributed by atoms with Gasteiger partial charge in [-0.2, -0.15) is 5.10 Å². The second kappa shape index (κ2) is 4.87. The monoisotopic (exact) mass is 237 g/mol. The number of piperidine rings is 1. The molecule has 0 amide bonds. The van der Waals surface area contributed by atoms with Gasteiger partial charge >= 0.3 is 5.97 Å². The standard InChI is InChI=1S/C12H19N3O2/c1-9-4-3-5-15(7-9)8-11-10(12(16)17)6-13-14(11)2/h6,9H,3-5,7-8H2,1-2H3,(H,16,17). The van der Waals surface area contributed by atoms with Crippen molar-refractivity contribution in [2.45, 2.75) is 26.3 Å². The van der Waals surface area contributed by atoms with Gasteiger partial charge in [0.1, 0.15) is 5.56 Å². The van der Waals surface area contributed by atoms with E-state index in [-0.39, 0.29) is 0 Å². The summed E-state index contributed by atoms with van der Waals surface area (Å²) in [5, 5.41) is 13.1. The Morgan fingerprint density at radius 2 is 2.41 bits per heavy atom. The molecule has 2 heterocycles. The Morgan fingerprint density at radius 3 is 3.06 bits per heavy atom. The number of aryl methyl sites for hydroxylation is 1. The van der Waals surface area contributed by atoms with Crippen LogP contribution in [-0.4, -0.2) is 38.8 Å². The molecule has 0 aromatic carbocycles. The molecule has 5 nitrogen and oxygen atoms in total. The first-order chi connectivity index (χ1) is 8.08. The molecular weight excluding hydrogens is 218 g/mol. The van der Waals surface area contributed by atoms with E-state index in [2.05, 4.69) is 16.9 Å². The minimum absolute atomic E-state index is 0.325. The van der Waals surface area contributed by atoms with E-state index in [0.717, 1.165) is 18.8 Å². The van der Waals surface area contributed by atoms with Crippen LogP contribution >= 0.6 is 0 Å². The van der Waals surface area contributed by atoms with Gasteiger partial charge in [0.25, 0.3) is 0 Å². The SMILES string of the molecule is CC1CCCN(Cc2c(C(=O)O)cnn2C)C1. The van der Waals surface area contributed by atoms with Gasteiger partial charge < -0.3 is 5.11 Å². The molecule has 1 unspecified atom stereocenters. The Morgan fingerprint density at radius 1 is 1.65 bits per heavy atom. The van der Waals surface area contributed by atoms with Crippen LogP contribution in [0.2, 0.25) is 0 Å². The third-order valence-electron chi connectivity index (χ3n) is 3.41. The molecule has 0 saturated carbocycles. The fraction of sp³-hybridized carbons (Fsp3) is 0.667. The first kappa shape index (κ1) is 12.1. The molecule has 2 rings (SSSR count). The number of carboxylic acids is 1. The predicted molar refractivity (Wildman–Crippen MR) is 63.8 cm³/mol. The number of nitrogens with zero attached hydrogens (tertiary/aromatic N) is 3. The Hall–Kier alpha value is -1.36. The van der Waals surface area contributed by atoms with Crippen molar-refractivity contribution in [2.75, 3.05) is 13.1 Å². The van der Waals surface area contributed by atoms with Gasteiger partial charge in [0.15, 0.2) is 0 Å². The van der Waals surface area contributed by atoms with Gasteiger partial charge in [-0.05, 0) is 25.3 Å². The molecule has 1 fully saturated rings. The maximum Gasteiger partial charge on any atom is 0.339 e. The van der Waals surface area contributed by atoms with Crippen LogP contribution in [0.5, 0.6) is 0 Å². The molecule has 1 N–H and O–H groups in total. The third kappa shape index (κ3) is 2.66. The summed E-state index contributed by atoms with van der Waals surface area (Å²) in [7, 11) is 1.80. The molecule has 17 heavy (non-hydrogen) atoms. The molecule has 0 aliphatic carbocycles. The van der Waals surface area contributed by atoms with Crippen LogP contribution in [0.15, 0.2) is 6.20 Å². The number of carbonyl (C=O) groups is 1. The topological polar surface area (TPSA) is 58.4 Å². The lowest BCUT2D eigenvalue weighted by molar-refractivity contribution is 0.0693. The maximum atomic E-state index is 11.1. The maximum absolute atomic E-state index is 11.1. The van der Waals surface area contributed by atoms with Crippen molar-refractivity contribution in [2.24, 2.45) is 13.0 Å². The Labute approximate surface area is 101 Å². The summed E-state index contributed by atoms with van der Waals surface area (Å²) in [4.78, 5) is 13.4. The van der Waals surface area contributed by atoms with E-state index in [1.807, 2.05) is 0 Å². The van der Waals surface area contributed by atoms with Gasteiger partial charge in [0.2, 0.25) is 0 Å². The lowest BCUT2D eigenvalue weighted by Crippen LogP contribution is -2.34. The molecule has 0 spiro atoms. The van der Waals surface area contributed by atoms with Crippen molar-refractivity contribution < 1.29 is 9.90 Å². The van der Waals surface area contributed by atoms with Crippen LogP contribution < -0.4 is 0 Å². The van der Waals surface area contributed by atoms with E-state index < -0.39 is 5.97 Å². The van der Waals surface area contributed by atoms with E-state index in [1.54, 1.807) is 11.7 Å². The Kier molecular flexibility index (Phi) is 3.47. The second-order valence-electron chi connectivity index (χ2n) is 4.92. The molecule has 5 heteroatoms. The molecule has 1 aliphatic heterocycles. The second-order valence-corrected chi connectivity index (χ2v) is 4.92. The fourth-order valence-corrected chi connectivity index (χ4v) is 2.47. The van der Waals surface area contributed by atoms with Crippen LogP contribution in [0.25, 0.3) is 0 Å². The molecule has 1 saturated heterocycles. The highest BCUT2D eigenvalue weighted by atomic mass is 16.4. The summed E-state index contributed by atoms with van der Waals surface area (Å²) in [5.41, 5.74) is 1.12. The number of rotatable bonds is 3. The first-order valence-electron chi connectivity index (χ1n) is 6.04. The number of aromatic carboxylic acids is 1. The Bertz CT molecular complexity index is 414. The van der Waals surface area contributed by atoms with Crippen molar-refractivity contribution in [1.29, 1.82) is 0 Å². The summed E-state index contributed by atoms with van der Waals surface area (Å²) >= 11 is 0. The number of likely N-dealkylation sites (tertiary alicyclic amines) is 1. The third-order valence-corrected chi connectivity index (χ3v) is 3.41. The normalized spacial score (nSPS) is 21.6. The van der Waals surface area contributed by atoms with Crippen molar-refractivity contribution in [3.63, 3.8) is 0 Å². The first-order valence-corrected chi connectivity index (χ1v) is 6.04. The highest BCUT2D eigenvalue weighted by Crippen LogP contribution is 2.19. The summed E-state index contributed by atoms with van der Waals surface area (Å²) in [6.07, 6.45) is 3.90.